The molecule has 4 aromatic carbocycles. The van der Waals surface area contributed by atoms with E-state index >= 15 is 0 Å². The molecule has 3 aliphatic rings. The quantitative estimate of drug-likeness (QED) is 0.167. The van der Waals surface area contributed by atoms with Gasteiger partial charge in [0.25, 0.3) is 0 Å². The molecule has 0 aliphatic heterocycles. The summed E-state index contributed by atoms with van der Waals surface area (Å²) >= 11 is 0. The van der Waals surface area contributed by atoms with Crippen LogP contribution < -0.4 is 20.9 Å². The number of anilines is 2. The zero-order chi connectivity index (χ0) is 33.6. The van der Waals surface area contributed by atoms with Crippen LogP contribution in [0, 0.1) is 29.6 Å². The third-order valence-corrected chi connectivity index (χ3v) is 12.5. The van der Waals surface area contributed by atoms with Crippen LogP contribution in [0.2, 0.25) is 0 Å². The van der Waals surface area contributed by atoms with Gasteiger partial charge in [-0.15, -0.1) is 0 Å². The first kappa shape index (κ1) is 33.6. The summed E-state index contributed by atoms with van der Waals surface area (Å²) in [4.78, 5) is 0. The SMILES string of the molecule is CCC[C@H]1CC[C@H](C2CCC(c3ccc(Oc4ccc(N)cc4)cc3)(c3ccc(Oc4ccc(N)cc4)cc3)C(C3CCCCC3)C2)CC1. The van der Waals surface area contributed by atoms with Gasteiger partial charge in [-0.2, -0.15) is 0 Å². The molecule has 7 rings (SSSR count). The maximum Gasteiger partial charge on any atom is 0.127 e. The van der Waals surface area contributed by atoms with Crippen molar-refractivity contribution in [3.05, 3.63) is 108 Å². The van der Waals surface area contributed by atoms with Crippen molar-refractivity contribution in [2.45, 2.75) is 102 Å². The Morgan fingerprint density at radius 1 is 0.531 bits per heavy atom. The Kier molecular flexibility index (Phi) is 10.5. The summed E-state index contributed by atoms with van der Waals surface area (Å²) in [6, 6.07) is 33.6. The van der Waals surface area contributed by atoms with Crippen LogP contribution in [-0.2, 0) is 5.41 Å². The highest BCUT2D eigenvalue weighted by Crippen LogP contribution is 2.58. The molecule has 4 aromatic rings. The smallest absolute Gasteiger partial charge is 0.127 e. The summed E-state index contributed by atoms with van der Waals surface area (Å²) in [5.74, 6) is 7.40. The number of rotatable bonds is 10. The second kappa shape index (κ2) is 15.3. The van der Waals surface area contributed by atoms with Crippen LogP contribution in [0.5, 0.6) is 23.0 Å². The van der Waals surface area contributed by atoms with Gasteiger partial charge in [0.05, 0.1) is 0 Å². The topological polar surface area (TPSA) is 70.5 Å². The summed E-state index contributed by atoms with van der Waals surface area (Å²) in [6.45, 7) is 2.36. The zero-order valence-corrected chi connectivity index (χ0v) is 29.5. The van der Waals surface area contributed by atoms with Crippen LogP contribution >= 0.6 is 0 Å². The van der Waals surface area contributed by atoms with Crippen molar-refractivity contribution in [2.24, 2.45) is 29.6 Å². The molecule has 3 saturated carbocycles. The third-order valence-electron chi connectivity index (χ3n) is 12.5. The first-order valence-corrected chi connectivity index (χ1v) is 19.3. The molecule has 0 saturated heterocycles. The van der Waals surface area contributed by atoms with E-state index in [4.69, 9.17) is 20.9 Å². The number of hydrogen-bond acceptors (Lipinski definition) is 4. The highest BCUT2D eigenvalue weighted by Gasteiger charge is 2.50. The van der Waals surface area contributed by atoms with Crippen molar-refractivity contribution in [2.75, 3.05) is 11.5 Å². The normalized spacial score (nSPS) is 24.3. The Morgan fingerprint density at radius 3 is 1.47 bits per heavy atom. The van der Waals surface area contributed by atoms with Crippen molar-refractivity contribution in [1.82, 2.24) is 0 Å². The summed E-state index contributed by atoms with van der Waals surface area (Å²) < 4.78 is 12.6. The molecule has 0 spiro atoms. The van der Waals surface area contributed by atoms with Crippen molar-refractivity contribution in [3.8, 4) is 23.0 Å². The highest BCUT2D eigenvalue weighted by atomic mass is 16.5. The number of nitrogen functional groups attached to an aromatic ring is 2. The van der Waals surface area contributed by atoms with Gasteiger partial charge in [0.15, 0.2) is 0 Å². The Labute approximate surface area is 294 Å². The van der Waals surface area contributed by atoms with E-state index in [1.165, 1.54) is 101 Å². The number of benzene rings is 4. The molecule has 4 nitrogen and oxygen atoms in total. The van der Waals surface area contributed by atoms with Gasteiger partial charge in [0.1, 0.15) is 23.0 Å². The molecule has 2 unspecified atom stereocenters. The molecular weight excluding hydrogens is 601 g/mol. The van der Waals surface area contributed by atoms with Crippen LogP contribution in [-0.4, -0.2) is 0 Å². The summed E-state index contributed by atoms with van der Waals surface area (Å²) in [7, 11) is 0. The van der Waals surface area contributed by atoms with Crippen molar-refractivity contribution < 1.29 is 9.47 Å². The minimum Gasteiger partial charge on any atom is -0.457 e. The lowest BCUT2D eigenvalue weighted by Crippen LogP contribution is -2.47. The van der Waals surface area contributed by atoms with E-state index in [0.717, 1.165) is 58.0 Å². The Balaban J connectivity index is 1.22. The molecule has 3 fully saturated rings. The summed E-state index contributed by atoms with van der Waals surface area (Å²) in [5.41, 5.74) is 16.2. The van der Waals surface area contributed by atoms with E-state index < -0.39 is 0 Å². The second-order valence-corrected chi connectivity index (χ2v) is 15.5. The molecule has 258 valence electrons. The molecule has 2 atom stereocenters. The molecule has 0 radical (unpaired) electrons. The number of ether oxygens (including phenoxy) is 2. The predicted molar refractivity (Wildman–Crippen MR) is 203 cm³/mol. The van der Waals surface area contributed by atoms with Gasteiger partial charge >= 0.3 is 0 Å². The lowest BCUT2D eigenvalue weighted by atomic mass is 9.51. The Hall–Kier alpha value is -3.92. The minimum atomic E-state index is -0.0443. The largest absolute Gasteiger partial charge is 0.457 e. The molecule has 4 N–H and O–H groups in total. The van der Waals surface area contributed by atoms with Crippen molar-refractivity contribution >= 4 is 11.4 Å². The van der Waals surface area contributed by atoms with Crippen molar-refractivity contribution in [3.63, 3.8) is 0 Å². The van der Waals surface area contributed by atoms with E-state index in [1.54, 1.807) is 0 Å². The Morgan fingerprint density at radius 2 is 1.00 bits per heavy atom. The first-order valence-electron chi connectivity index (χ1n) is 19.3. The van der Waals surface area contributed by atoms with E-state index in [0.29, 0.717) is 5.92 Å². The van der Waals surface area contributed by atoms with E-state index in [-0.39, 0.29) is 5.41 Å². The molecular formula is C45H56N2O2. The summed E-state index contributed by atoms with van der Waals surface area (Å²) in [6.07, 6.45) is 19.2. The molecule has 0 heterocycles. The maximum atomic E-state index is 6.28. The van der Waals surface area contributed by atoms with Gasteiger partial charge in [-0.05, 0) is 146 Å². The third kappa shape index (κ3) is 7.64. The lowest BCUT2D eigenvalue weighted by Gasteiger charge is -2.53. The number of hydrogen-bond donors (Lipinski definition) is 2. The minimum absolute atomic E-state index is 0.0443. The zero-order valence-electron chi connectivity index (χ0n) is 29.5. The van der Waals surface area contributed by atoms with Gasteiger partial charge in [-0.25, -0.2) is 0 Å². The fourth-order valence-corrected chi connectivity index (χ4v) is 10.0. The van der Waals surface area contributed by atoms with Crippen LogP contribution in [0.4, 0.5) is 11.4 Å². The summed E-state index contributed by atoms with van der Waals surface area (Å²) in [5, 5.41) is 0. The second-order valence-electron chi connectivity index (χ2n) is 15.5. The molecule has 0 aromatic heterocycles. The van der Waals surface area contributed by atoms with E-state index in [9.17, 15) is 0 Å². The van der Waals surface area contributed by atoms with Crippen LogP contribution in [0.15, 0.2) is 97.1 Å². The van der Waals surface area contributed by atoms with E-state index in [1.807, 2.05) is 48.5 Å². The van der Waals surface area contributed by atoms with Gasteiger partial charge in [0.2, 0.25) is 0 Å². The fourth-order valence-electron chi connectivity index (χ4n) is 10.0. The van der Waals surface area contributed by atoms with Gasteiger partial charge < -0.3 is 20.9 Å². The first-order chi connectivity index (χ1) is 24.0. The Bertz CT molecular complexity index is 1510. The van der Waals surface area contributed by atoms with E-state index in [2.05, 4.69) is 55.5 Å². The molecule has 0 amide bonds. The number of nitrogens with two attached hydrogens (primary N) is 2. The lowest BCUT2D eigenvalue weighted by molar-refractivity contribution is 0.0519. The van der Waals surface area contributed by atoms with Crippen LogP contribution in [0.1, 0.15) is 108 Å². The standard InChI is InChI=1S/C45H56N2O2/c1-2-6-32-9-11-33(12-10-32)35-29-30-45(44(31-35)34-7-4-3-5-8-34,36-13-21-40(22-14-36)48-42-25-17-38(46)18-26-42)37-15-23-41(24-16-37)49-43-27-19-39(47)20-28-43/h13-28,32-35,44H,2-12,29-31,46-47H2,1H3/t32-,33-,35?,44?. The molecule has 4 heteroatoms. The average Bonchev–Trinajstić information content (AvgIpc) is 3.15. The van der Waals surface area contributed by atoms with Crippen LogP contribution in [0.25, 0.3) is 0 Å². The molecule has 3 aliphatic carbocycles. The van der Waals surface area contributed by atoms with Gasteiger partial charge in [0, 0.05) is 16.8 Å². The highest BCUT2D eigenvalue weighted by molar-refractivity contribution is 5.48. The van der Waals surface area contributed by atoms with Crippen LogP contribution in [0.3, 0.4) is 0 Å². The fraction of sp³-hybridized carbons (Fsp3) is 0.467. The van der Waals surface area contributed by atoms with Crippen molar-refractivity contribution in [1.29, 1.82) is 0 Å². The maximum absolute atomic E-state index is 6.28. The molecule has 49 heavy (non-hydrogen) atoms. The average molecular weight is 657 g/mol. The predicted octanol–water partition coefficient (Wildman–Crippen LogP) is 12.3. The monoisotopic (exact) mass is 656 g/mol. The molecule has 0 bridgehead atoms. The van der Waals surface area contributed by atoms with Gasteiger partial charge in [-0.3, -0.25) is 0 Å². The van der Waals surface area contributed by atoms with Gasteiger partial charge in [-0.1, -0.05) is 89.0 Å².